The second-order valence-electron chi connectivity index (χ2n) is 7.59. The number of nitrogens with one attached hydrogen (secondary N) is 3. The summed E-state index contributed by atoms with van der Waals surface area (Å²) in [5, 5.41) is 8.64. The molecule has 3 aromatic rings. The van der Waals surface area contributed by atoms with Gasteiger partial charge in [0.1, 0.15) is 16.1 Å². The summed E-state index contributed by atoms with van der Waals surface area (Å²) in [4.78, 5) is 33.9. The fraction of sp³-hybridized carbons (Fsp3) is 0.250. The first-order chi connectivity index (χ1) is 16.8. The van der Waals surface area contributed by atoms with Crippen LogP contribution in [0.15, 0.2) is 72.1 Å². The molecule has 1 atom stereocenters. The van der Waals surface area contributed by atoms with Gasteiger partial charge in [0.2, 0.25) is 5.91 Å². The molecular weight excluding hydrogens is 476 g/mol. The summed E-state index contributed by atoms with van der Waals surface area (Å²) in [6.07, 6.45) is 4.80. The molecule has 0 radical (unpaired) electrons. The molecule has 0 aliphatic heterocycles. The Kier molecular flexibility index (Phi) is 9.50. The Labute approximate surface area is 205 Å². The van der Waals surface area contributed by atoms with E-state index < -0.39 is 17.9 Å². The van der Waals surface area contributed by atoms with Crippen molar-refractivity contribution in [2.75, 3.05) is 11.9 Å². The maximum Gasteiger partial charge on any atom is 0.387 e. The van der Waals surface area contributed by atoms with E-state index in [1.807, 2.05) is 13.8 Å². The predicted molar refractivity (Wildman–Crippen MR) is 129 cm³/mol. The topological polar surface area (TPSA) is 105 Å². The van der Waals surface area contributed by atoms with Gasteiger partial charge in [0.25, 0.3) is 5.91 Å². The normalized spacial score (nSPS) is 11.8. The van der Waals surface area contributed by atoms with E-state index in [0.29, 0.717) is 16.3 Å². The minimum absolute atomic E-state index is 0.0153. The number of alkyl halides is 2. The van der Waals surface area contributed by atoms with E-state index in [2.05, 4.69) is 30.7 Å². The SMILES string of the molecule is CC(C)NCC(=O)NC(Sc1ncccc1C(=O)Nc1ccc(OC(F)F)cc1)c1ccncc1. The van der Waals surface area contributed by atoms with E-state index in [1.165, 1.54) is 36.0 Å². The van der Waals surface area contributed by atoms with Crippen LogP contribution in [0.3, 0.4) is 0 Å². The van der Waals surface area contributed by atoms with Crippen molar-refractivity contribution in [3.05, 3.63) is 78.2 Å². The van der Waals surface area contributed by atoms with Crippen LogP contribution in [0.4, 0.5) is 14.5 Å². The van der Waals surface area contributed by atoms with Crippen molar-refractivity contribution in [1.29, 1.82) is 0 Å². The highest BCUT2D eigenvalue weighted by Crippen LogP contribution is 2.34. The van der Waals surface area contributed by atoms with Crippen LogP contribution in [0.25, 0.3) is 0 Å². The van der Waals surface area contributed by atoms with E-state index in [4.69, 9.17) is 0 Å². The zero-order valence-electron chi connectivity index (χ0n) is 19.1. The third-order valence-corrected chi connectivity index (χ3v) is 5.73. The van der Waals surface area contributed by atoms with Gasteiger partial charge in [0.05, 0.1) is 12.1 Å². The van der Waals surface area contributed by atoms with Crippen LogP contribution < -0.4 is 20.7 Å². The zero-order chi connectivity index (χ0) is 25.2. The smallest absolute Gasteiger partial charge is 0.387 e. The molecule has 0 bridgehead atoms. The molecule has 2 aromatic heterocycles. The molecule has 0 aliphatic rings. The monoisotopic (exact) mass is 501 g/mol. The van der Waals surface area contributed by atoms with Gasteiger partial charge in [-0.05, 0) is 54.1 Å². The van der Waals surface area contributed by atoms with Gasteiger partial charge >= 0.3 is 6.61 Å². The molecule has 1 unspecified atom stereocenters. The molecule has 0 saturated heterocycles. The third-order valence-electron chi connectivity index (χ3n) is 4.55. The lowest BCUT2D eigenvalue weighted by molar-refractivity contribution is -0.120. The van der Waals surface area contributed by atoms with E-state index in [1.54, 1.807) is 42.9 Å². The number of carbonyl (C=O) groups excluding carboxylic acids is 2. The first-order valence-corrected chi connectivity index (χ1v) is 11.6. The van der Waals surface area contributed by atoms with Gasteiger partial charge in [0.15, 0.2) is 0 Å². The van der Waals surface area contributed by atoms with E-state index in [0.717, 1.165) is 5.56 Å². The van der Waals surface area contributed by atoms with E-state index in [-0.39, 0.29) is 24.2 Å². The van der Waals surface area contributed by atoms with Crippen LogP contribution in [-0.2, 0) is 4.79 Å². The second-order valence-corrected chi connectivity index (χ2v) is 8.69. The zero-order valence-corrected chi connectivity index (χ0v) is 19.9. The standard InChI is InChI=1S/C24H25F2N5O3S/c1-15(2)29-14-20(32)31-22(16-9-12-27-13-10-16)35-23-19(4-3-11-28-23)21(33)30-17-5-7-18(8-6-17)34-24(25)26/h3-13,15,22,24,29H,14H2,1-2H3,(H,30,33)(H,31,32). The highest BCUT2D eigenvalue weighted by atomic mass is 32.2. The molecule has 3 rings (SSSR count). The second kappa shape index (κ2) is 12.8. The number of hydrogen-bond donors (Lipinski definition) is 3. The molecule has 184 valence electrons. The van der Waals surface area contributed by atoms with Gasteiger partial charge in [-0.1, -0.05) is 25.6 Å². The summed E-state index contributed by atoms with van der Waals surface area (Å²) in [7, 11) is 0. The molecule has 8 nitrogen and oxygen atoms in total. The molecular formula is C24H25F2N5O3S. The van der Waals surface area contributed by atoms with Gasteiger partial charge < -0.3 is 20.7 Å². The lowest BCUT2D eigenvalue weighted by Gasteiger charge is -2.20. The number of hydrogen-bond acceptors (Lipinski definition) is 7. The highest BCUT2D eigenvalue weighted by Gasteiger charge is 2.21. The highest BCUT2D eigenvalue weighted by molar-refractivity contribution is 7.99. The number of anilines is 1. The number of carbonyl (C=O) groups is 2. The lowest BCUT2D eigenvalue weighted by atomic mass is 10.2. The largest absolute Gasteiger partial charge is 0.435 e. The van der Waals surface area contributed by atoms with Gasteiger partial charge in [-0.2, -0.15) is 8.78 Å². The first kappa shape index (κ1) is 26.0. The quantitative estimate of drug-likeness (QED) is 0.267. The molecule has 0 fully saturated rings. The van der Waals surface area contributed by atoms with Gasteiger partial charge in [-0.3, -0.25) is 14.6 Å². The Morgan fingerprint density at radius 3 is 2.40 bits per heavy atom. The van der Waals surface area contributed by atoms with Crippen molar-refractivity contribution in [2.24, 2.45) is 0 Å². The number of rotatable bonds is 11. The Bertz CT molecular complexity index is 1120. The van der Waals surface area contributed by atoms with Crippen molar-refractivity contribution in [3.8, 4) is 5.75 Å². The summed E-state index contributed by atoms with van der Waals surface area (Å²) in [5.74, 6) is -0.663. The lowest BCUT2D eigenvalue weighted by Crippen LogP contribution is -2.38. The fourth-order valence-corrected chi connectivity index (χ4v) is 4.02. The number of ether oxygens (including phenoxy) is 1. The van der Waals surface area contributed by atoms with Crippen molar-refractivity contribution in [3.63, 3.8) is 0 Å². The van der Waals surface area contributed by atoms with Crippen LogP contribution >= 0.6 is 11.8 Å². The van der Waals surface area contributed by atoms with Gasteiger partial charge in [0, 0.05) is 30.3 Å². The van der Waals surface area contributed by atoms with E-state index in [9.17, 15) is 18.4 Å². The summed E-state index contributed by atoms with van der Waals surface area (Å²) in [6.45, 7) is 1.10. The maximum absolute atomic E-state index is 13.0. The minimum atomic E-state index is -2.93. The van der Waals surface area contributed by atoms with Crippen LogP contribution in [0.2, 0.25) is 0 Å². The molecule has 0 spiro atoms. The molecule has 0 saturated carbocycles. The summed E-state index contributed by atoms with van der Waals surface area (Å²) < 4.78 is 29.0. The predicted octanol–water partition coefficient (Wildman–Crippen LogP) is 4.24. The molecule has 11 heteroatoms. The Morgan fingerprint density at radius 1 is 1.03 bits per heavy atom. The number of aromatic nitrogens is 2. The van der Waals surface area contributed by atoms with E-state index >= 15 is 0 Å². The Hall–Kier alpha value is -3.57. The van der Waals surface area contributed by atoms with Crippen LogP contribution in [0, 0.1) is 0 Å². The minimum Gasteiger partial charge on any atom is -0.435 e. The first-order valence-electron chi connectivity index (χ1n) is 10.7. The number of benzene rings is 1. The van der Waals surface area contributed by atoms with Crippen LogP contribution in [0.1, 0.15) is 35.1 Å². The van der Waals surface area contributed by atoms with Crippen LogP contribution in [0.5, 0.6) is 5.75 Å². The van der Waals surface area contributed by atoms with Crippen molar-refractivity contribution < 1.29 is 23.1 Å². The average Bonchev–Trinajstić information content (AvgIpc) is 2.84. The molecule has 2 heterocycles. The summed E-state index contributed by atoms with van der Waals surface area (Å²) >= 11 is 1.22. The maximum atomic E-state index is 13.0. The Morgan fingerprint density at radius 2 is 1.74 bits per heavy atom. The molecule has 3 N–H and O–H groups in total. The summed E-state index contributed by atoms with van der Waals surface area (Å²) in [5.41, 5.74) is 1.48. The molecule has 2 amide bonds. The number of thioether (sulfide) groups is 1. The third kappa shape index (κ3) is 8.30. The number of amides is 2. The van der Waals surface area contributed by atoms with Crippen molar-refractivity contribution in [1.82, 2.24) is 20.6 Å². The average molecular weight is 502 g/mol. The fourth-order valence-electron chi connectivity index (χ4n) is 2.90. The Balaban J connectivity index is 1.77. The molecule has 35 heavy (non-hydrogen) atoms. The van der Waals surface area contributed by atoms with Crippen LogP contribution in [-0.4, -0.2) is 41.0 Å². The van der Waals surface area contributed by atoms with Gasteiger partial charge in [-0.15, -0.1) is 0 Å². The van der Waals surface area contributed by atoms with Crippen molar-refractivity contribution in [2.45, 2.75) is 36.9 Å². The number of nitrogens with zero attached hydrogens (tertiary/aromatic N) is 2. The van der Waals surface area contributed by atoms with Gasteiger partial charge in [-0.25, -0.2) is 4.98 Å². The van der Waals surface area contributed by atoms with Crippen molar-refractivity contribution >= 4 is 29.3 Å². The molecule has 1 aromatic carbocycles. The number of halogens is 2. The number of pyridine rings is 2. The summed E-state index contributed by atoms with van der Waals surface area (Å²) in [6, 6.07) is 12.5. The molecule has 0 aliphatic carbocycles.